The fraction of sp³-hybridized carbons (Fsp3) is 0.462. The molecular weight excluding hydrogens is 200 g/mol. The summed E-state index contributed by atoms with van der Waals surface area (Å²) >= 11 is 0. The summed E-state index contributed by atoms with van der Waals surface area (Å²) in [4.78, 5) is 11.4. The van der Waals surface area contributed by atoms with E-state index >= 15 is 0 Å². The highest BCUT2D eigenvalue weighted by atomic mass is 16.1. The van der Waals surface area contributed by atoms with Crippen molar-refractivity contribution in [3.05, 3.63) is 34.9 Å². The second kappa shape index (κ2) is 5.66. The quantitative estimate of drug-likeness (QED) is 0.795. The Morgan fingerprint density at radius 2 is 2.06 bits per heavy atom. The molecule has 0 aliphatic heterocycles. The Labute approximate surface area is 97.0 Å². The summed E-state index contributed by atoms with van der Waals surface area (Å²) in [6.45, 7) is 6.94. The number of carbonyl (C=O) groups excluding carboxylic acids is 1. The van der Waals surface area contributed by atoms with Gasteiger partial charge in [0.15, 0.2) is 0 Å². The van der Waals surface area contributed by atoms with Gasteiger partial charge in [-0.3, -0.25) is 4.79 Å². The highest BCUT2D eigenvalue weighted by Gasteiger charge is 2.16. The highest BCUT2D eigenvalue weighted by Crippen LogP contribution is 2.16. The van der Waals surface area contributed by atoms with Gasteiger partial charge in [-0.05, 0) is 43.5 Å². The molecule has 1 rings (SSSR count). The molecule has 0 heterocycles. The average Bonchev–Trinajstić information content (AvgIpc) is 2.23. The summed E-state index contributed by atoms with van der Waals surface area (Å²) in [6.07, 6.45) is 0.981. The topological polar surface area (TPSA) is 55.1 Å². The van der Waals surface area contributed by atoms with E-state index in [-0.39, 0.29) is 11.9 Å². The van der Waals surface area contributed by atoms with Crippen LogP contribution in [0, 0.1) is 13.8 Å². The predicted octanol–water partition coefficient (Wildman–Crippen LogP) is 1.83. The molecule has 0 aromatic heterocycles. The van der Waals surface area contributed by atoms with Gasteiger partial charge in [0.05, 0.1) is 0 Å². The molecule has 0 aliphatic rings. The summed E-state index contributed by atoms with van der Waals surface area (Å²) in [5.41, 5.74) is 8.75. The van der Waals surface area contributed by atoms with Crippen LogP contribution in [0.3, 0.4) is 0 Å². The molecule has 0 aliphatic carbocycles. The van der Waals surface area contributed by atoms with Crippen molar-refractivity contribution in [1.29, 1.82) is 0 Å². The number of benzene rings is 1. The Balaban J connectivity index is 2.92. The Morgan fingerprint density at radius 3 is 2.56 bits per heavy atom. The van der Waals surface area contributed by atoms with Gasteiger partial charge in [-0.25, -0.2) is 0 Å². The lowest BCUT2D eigenvalue weighted by Crippen LogP contribution is -2.34. The summed E-state index contributed by atoms with van der Waals surface area (Å²) < 4.78 is 0. The maximum Gasteiger partial charge on any atom is 0.239 e. The molecule has 3 N–H and O–H groups in total. The van der Waals surface area contributed by atoms with E-state index < -0.39 is 0 Å². The number of aryl methyl sites for hydroxylation is 2. The van der Waals surface area contributed by atoms with Crippen LogP contribution in [0.5, 0.6) is 0 Å². The van der Waals surface area contributed by atoms with Crippen LogP contribution in [0.2, 0.25) is 0 Å². The van der Waals surface area contributed by atoms with Gasteiger partial charge in [0.25, 0.3) is 0 Å². The van der Waals surface area contributed by atoms with E-state index in [9.17, 15) is 4.79 Å². The first kappa shape index (κ1) is 12.7. The summed E-state index contributed by atoms with van der Waals surface area (Å²) in [6, 6.07) is 5.63. The third kappa shape index (κ3) is 3.07. The van der Waals surface area contributed by atoms with Crippen LogP contribution in [-0.2, 0) is 4.79 Å². The van der Waals surface area contributed by atoms with Crippen molar-refractivity contribution < 1.29 is 4.79 Å². The molecule has 16 heavy (non-hydrogen) atoms. The number of hydrogen-bond donors (Lipinski definition) is 2. The Bertz CT molecular complexity index is 374. The van der Waals surface area contributed by atoms with Crippen LogP contribution in [0.15, 0.2) is 18.2 Å². The molecule has 88 valence electrons. The SMILES string of the molecule is CCCNC(C(N)=O)c1ccc(C)c(C)c1. The normalized spacial score (nSPS) is 12.4. The van der Waals surface area contributed by atoms with Crippen LogP contribution >= 0.6 is 0 Å². The van der Waals surface area contributed by atoms with E-state index in [1.165, 1.54) is 11.1 Å². The molecule has 0 radical (unpaired) electrons. The van der Waals surface area contributed by atoms with Crippen molar-refractivity contribution >= 4 is 5.91 Å². The van der Waals surface area contributed by atoms with Gasteiger partial charge >= 0.3 is 0 Å². The summed E-state index contributed by atoms with van der Waals surface area (Å²) in [7, 11) is 0. The van der Waals surface area contributed by atoms with Gasteiger partial charge in [0.1, 0.15) is 6.04 Å². The lowest BCUT2D eigenvalue weighted by molar-refractivity contribution is -0.120. The zero-order valence-electron chi connectivity index (χ0n) is 10.2. The molecule has 1 atom stereocenters. The second-order valence-electron chi connectivity index (χ2n) is 4.13. The lowest BCUT2D eigenvalue weighted by Gasteiger charge is -2.16. The lowest BCUT2D eigenvalue weighted by atomic mass is 10.0. The van der Waals surface area contributed by atoms with Crippen LogP contribution in [0.25, 0.3) is 0 Å². The zero-order chi connectivity index (χ0) is 12.1. The third-order valence-corrected chi connectivity index (χ3v) is 2.75. The monoisotopic (exact) mass is 220 g/mol. The first-order valence-electron chi connectivity index (χ1n) is 5.66. The number of hydrogen-bond acceptors (Lipinski definition) is 2. The van der Waals surface area contributed by atoms with Crippen molar-refractivity contribution in [2.75, 3.05) is 6.54 Å². The minimum atomic E-state index is -0.376. The molecule has 3 nitrogen and oxygen atoms in total. The van der Waals surface area contributed by atoms with Crippen molar-refractivity contribution in [2.45, 2.75) is 33.2 Å². The largest absolute Gasteiger partial charge is 0.368 e. The minimum Gasteiger partial charge on any atom is -0.368 e. The van der Waals surface area contributed by atoms with E-state index in [1.807, 2.05) is 25.1 Å². The molecule has 1 aromatic rings. The van der Waals surface area contributed by atoms with E-state index in [0.29, 0.717) is 0 Å². The standard InChI is InChI=1S/C13H20N2O/c1-4-7-15-12(13(14)16)11-6-5-9(2)10(3)8-11/h5-6,8,12,15H,4,7H2,1-3H3,(H2,14,16). The van der Waals surface area contributed by atoms with Crippen LogP contribution in [0.4, 0.5) is 0 Å². The van der Waals surface area contributed by atoms with E-state index in [4.69, 9.17) is 5.73 Å². The zero-order valence-corrected chi connectivity index (χ0v) is 10.2. The van der Waals surface area contributed by atoms with Crippen molar-refractivity contribution in [2.24, 2.45) is 5.73 Å². The molecule has 3 heteroatoms. The van der Waals surface area contributed by atoms with Crippen molar-refractivity contribution in [1.82, 2.24) is 5.32 Å². The van der Waals surface area contributed by atoms with E-state index in [1.54, 1.807) is 0 Å². The molecule has 1 aromatic carbocycles. The van der Waals surface area contributed by atoms with Crippen molar-refractivity contribution in [3.63, 3.8) is 0 Å². The Kier molecular flexibility index (Phi) is 4.50. The maximum absolute atomic E-state index is 11.4. The molecule has 0 saturated heterocycles. The Morgan fingerprint density at radius 1 is 1.38 bits per heavy atom. The van der Waals surface area contributed by atoms with Crippen LogP contribution in [0.1, 0.15) is 36.1 Å². The molecular formula is C13H20N2O. The summed E-state index contributed by atoms with van der Waals surface area (Å²) in [5.74, 6) is -0.322. The van der Waals surface area contributed by atoms with Crippen LogP contribution in [-0.4, -0.2) is 12.5 Å². The highest BCUT2D eigenvalue weighted by molar-refractivity contribution is 5.81. The van der Waals surface area contributed by atoms with Gasteiger partial charge in [0, 0.05) is 0 Å². The molecule has 0 saturated carbocycles. The fourth-order valence-electron chi connectivity index (χ4n) is 1.62. The number of primary amides is 1. The number of nitrogens with two attached hydrogens (primary N) is 1. The number of nitrogens with one attached hydrogen (secondary N) is 1. The number of amides is 1. The molecule has 1 amide bonds. The van der Waals surface area contributed by atoms with E-state index in [0.717, 1.165) is 18.5 Å². The van der Waals surface area contributed by atoms with Gasteiger partial charge < -0.3 is 11.1 Å². The van der Waals surface area contributed by atoms with Gasteiger partial charge in [-0.1, -0.05) is 25.1 Å². The molecule has 0 fully saturated rings. The fourth-order valence-corrected chi connectivity index (χ4v) is 1.62. The summed E-state index contributed by atoms with van der Waals surface area (Å²) in [5, 5.41) is 3.16. The van der Waals surface area contributed by atoms with Gasteiger partial charge in [-0.15, -0.1) is 0 Å². The third-order valence-electron chi connectivity index (χ3n) is 2.75. The first-order chi connectivity index (χ1) is 7.56. The first-order valence-corrected chi connectivity index (χ1v) is 5.66. The van der Waals surface area contributed by atoms with Gasteiger partial charge in [-0.2, -0.15) is 0 Å². The molecule has 1 unspecified atom stereocenters. The van der Waals surface area contributed by atoms with Gasteiger partial charge in [0.2, 0.25) is 5.91 Å². The minimum absolute atomic E-state index is 0.322. The molecule has 0 bridgehead atoms. The number of carbonyl (C=O) groups is 1. The maximum atomic E-state index is 11.4. The smallest absolute Gasteiger partial charge is 0.239 e. The van der Waals surface area contributed by atoms with E-state index in [2.05, 4.69) is 19.2 Å². The second-order valence-corrected chi connectivity index (χ2v) is 4.13. The van der Waals surface area contributed by atoms with Crippen molar-refractivity contribution in [3.8, 4) is 0 Å². The predicted molar refractivity (Wildman–Crippen MR) is 66.1 cm³/mol. The Hall–Kier alpha value is -1.35. The number of rotatable bonds is 5. The van der Waals surface area contributed by atoms with Crippen LogP contribution < -0.4 is 11.1 Å². The average molecular weight is 220 g/mol. The molecule has 0 spiro atoms.